The van der Waals surface area contributed by atoms with Crippen molar-refractivity contribution in [3.63, 3.8) is 0 Å². The van der Waals surface area contributed by atoms with Crippen LogP contribution in [-0.4, -0.2) is 24.5 Å². The molecule has 2 aromatic rings. The number of amides is 1. The largest absolute Gasteiger partial charge is 0.508 e. The molecule has 0 radical (unpaired) electrons. The van der Waals surface area contributed by atoms with Crippen LogP contribution in [0.5, 0.6) is 5.75 Å². The molecule has 0 aliphatic heterocycles. The standard InChI is InChI=1S/C13H11NO5S/c15-8-14-12-6-3-10(7-13(12)20(17,18)19)9-1-4-11(16)5-2-9/h1-8,16H,(H,14,15)(H,17,18,19). The first-order valence-corrected chi connectivity index (χ1v) is 6.97. The van der Waals surface area contributed by atoms with Crippen molar-refractivity contribution in [3.8, 4) is 16.9 Å². The van der Waals surface area contributed by atoms with Crippen molar-refractivity contribution in [2.75, 3.05) is 5.32 Å². The molecule has 7 heteroatoms. The first kappa shape index (κ1) is 14.0. The number of carbonyl (C=O) groups excluding carboxylic acids is 1. The van der Waals surface area contributed by atoms with Crippen LogP contribution in [-0.2, 0) is 14.9 Å². The van der Waals surface area contributed by atoms with Gasteiger partial charge in [0.05, 0.1) is 5.69 Å². The molecule has 0 aromatic heterocycles. The summed E-state index contributed by atoms with van der Waals surface area (Å²) in [5.41, 5.74) is 1.17. The second kappa shape index (κ2) is 5.32. The van der Waals surface area contributed by atoms with Gasteiger partial charge in [-0.3, -0.25) is 9.35 Å². The number of aromatic hydroxyl groups is 1. The highest BCUT2D eigenvalue weighted by Crippen LogP contribution is 2.29. The Morgan fingerprint density at radius 2 is 1.60 bits per heavy atom. The van der Waals surface area contributed by atoms with Crippen molar-refractivity contribution < 1.29 is 22.9 Å². The Morgan fingerprint density at radius 3 is 2.15 bits per heavy atom. The third-order valence-corrected chi connectivity index (χ3v) is 3.57. The minimum Gasteiger partial charge on any atom is -0.508 e. The van der Waals surface area contributed by atoms with Gasteiger partial charge in [0.15, 0.2) is 0 Å². The molecule has 0 saturated carbocycles. The fourth-order valence-electron chi connectivity index (χ4n) is 1.75. The van der Waals surface area contributed by atoms with Crippen molar-refractivity contribution in [2.45, 2.75) is 4.90 Å². The molecule has 2 aromatic carbocycles. The molecule has 0 spiro atoms. The number of hydrogen-bond donors (Lipinski definition) is 3. The summed E-state index contributed by atoms with van der Waals surface area (Å²) in [5, 5.41) is 11.4. The number of phenols is 1. The first-order chi connectivity index (χ1) is 9.41. The van der Waals surface area contributed by atoms with Crippen molar-refractivity contribution in [2.24, 2.45) is 0 Å². The highest BCUT2D eigenvalue weighted by Gasteiger charge is 2.16. The quantitative estimate of drug-likeness (QED) is 0.590. The van der Waals surface area contributed by atoms with E-state index in [-0.39, 0.29) is 11.4 Å². The molecule has 3 N–H and O–H groups in total. The van der Waals surface area contributed by atoms with Crippen LogP contribution in [0.2, 0.25) is 0 Å². The fraction of sp³-hybridized carbons (Fsp3) is 0. The maximum absolute atomic E-state index is 11.3. The molecular formula is C13H11NO5S. The molecule has 0 saturated heterocycles. The molecule has 104 valence electrons. The summed E-state index contributed by atoms with van der Waals surface area (Å²) in [6, 6.07) is 10.3. The summed E-state index contributed by atoms with van der Waals surface area (Å²) >= 11 is 0. The normalized spacial score (nSPS) is 11.1. The lowest BCUT2D eigenvalue weighted by Crippen LogP contribution is -2.05. The second-order valence-electron chi connectivity index (χ2n) is 4.00. The zero-order chi connectivity index (χ0) is 14.8. The van der Waals surface area contributed by atoms with E-state index in [0.717, 1.165) is 0 Å². The maximum Gasteiger partial charge on any atom is 0.296 e. The van der Waals surface area contributed by atoms with Gasteiger partial charge in [0.2, 0.25) is 6.41 Å². The number of anilines is 1. The van der Waals surface area contributed by atoms with Crippen LogP contribution in [0.15, 0.2) is 47.4 Å². The minimum atomic E-state index is -4.47. The van der Waals surface area contributed by atoms with E-state index in [1.165, 1.54) is 24.3 Å². The number of hydrogen-bond acceptors (Lipinski definition) is 4. The lowest BCUT2D eigenvalue weighted by molar-refractivity contribution is -0.105. The van der Waals surface area contributed by atoms with Crippen LogP contribution < -0.4 is 5.32 Å². The fourth-order valence-corrected chi connectivity index (χ4v) is 2.43. The Kier molecular flexibility index (Phi) is 3.73. The molecule has 0 atom stereocenters. The van der Waals surface area contributed by atoms with Gasteiger partial charge in [0.1, 0.15) is 10.6 Å². The molecule has 20 heavy (non-hydrogen) atoms. The van der Waals surface area contributed by atoms with Gasteiger partial charge in [-0.15, -0.1) is 0 Å². The molecule has 1 amide bonds. The summed E-state index contributed by atoms with van der Waals surface area (Å²) in [4.78, 5) is 10.0. The van der Waals surface area contributed by atoms with Crippen LogP contribution in [0.4, 0.5) is 5.69 Å². The van der Waals surface area contributed by atoms with E-state index in [1.54, 1.807) is 18.2 Å². The molecule has 0 aliphatic carbocycles. The summed E-state index contributed by atoms with van der Waals surface area (Å²) in [5.74, 6) is 0.0861. The number of nitrogens with one attached hydrogen (secondary N) is 1. The molecule has 0 fully saturated rings. The third-order valence-electron chi connectivity index (χ3n) is 2.67. The molecule has 0 bridgehead atoms. The first-order valence-electron chi connectivity index (χ1n) is 5.53. The van der Waals surface area contributed by atoms with Gasteiger partial charge in [-0.05, 0) is 35.4 Å². The maximum atomic E-state index is 11.3. The van der Waals surface area contributed by atoms with E-state index in [0.29, 0.717) is 17.5 Å². The molecule has 2 rings (SSSR count). The van der Waals surface area contributed by atoms with Gasteiger partial charge in [0, 0.05) is 0 Å². The second-order valence-corrected chi connectivity index (χ2v) is 5.39. The number of rotatable bonds is 4. The van der Waals surface area contributed by atoms with Crippen LogP contribution in [0.25, 0.3) is 11.1 Å². The third kappa shape index (κ3) is 2.95. The SMILES string of the molecule is O=CNc1ccc(-c2ccc(O)cc2)cc1S(=O)(=O)O. The zero-order valence-electron chi connectivity index (χ0n) is 10.1. The van der Waals surface area contributed by atoms with E-state index in [2.05, 4.69) is 5.32 Å². The highest BCUT2D eigenvalue weighted by molar-refractivity contribution is 7.86. The summed E-state index contributed by atoms with van der Waals surface area (Å²) in [6.45, 7) is 0. The Balaban J connectivity index is 2.57. The van der Waals surface area contributed by atoms with Gasteiger partial charge < -0.3 is 10.4 Å². The Hall–Kier alpha value is -2.38. The number of carbonyl (C=O) groups is 1. The van der Waals surface area contributed by atoms with Crippen molar-refractivity contribution in [1.29, 1.82) is 0 Å². The van der Waals surface area contributed by atoms with Gasteiger partial charge in [-0.2, -0.15) is 8.42 Å². The van der Waals surface area contributed by atoms with E-state index < -0.39 is 15.0 Å². The van der Waals surface area contributed by atoms with Crippen LogP contribution in [0.3, 0.4) is 0 Å². The molecular weight excluding hydrogens is 282 g/mol. The van der Waals surface area contributed by atoms with Crippen LogP contribution in [0.1, 0.15) is 0 Å². The summed E-state index contributed by atoms with van der Waals surface area (Å²) < 4.78 is 31.8. The Labute approximate surface area is 115 Å². The van der Waals surface area contributed by atoms with Gasteiger partial charge in [-0.1, -0.05) is 18.2 Å². The lowest BCUT2D eigenvalue weighted by atomic mass is 10.1. The average Bonchev–Trinajstić information content (AvgIpc) is 2.39. The van der Waals surface area contributed by atoms with Gasteiger partial charge in [-0.25, -0.2) is 0 Å². The van der Waals surface area contributed by atoms with Crippen molar-refractivity contribution in [3.05, 3.63) is 42.5 Å². The van der Waals surface area contributed by atoms with E-state index >= 15 is 0 Å². The zero-order valence-corrected chi connectivity index (χ0v) is 11.0. The van der Waals surface area contributed by atoms with Gasteiger partial charge >= 0.3 is 0 Å². The lowest BCUT2D eigenvalue weighted by Gasteiger charge is -2.09. The van der Waals surface area contributed by atoms with Gasteiger partial charge in [0.25, 0.3) is 10.1 Å². The van der Waals surface area contributed by atoms with E-state index in [4.69, 9.17) is 0 Å². The Bertz CT molecular complexity index is 738. The predicted molar refractivity (Wildman–Crippen MR) is 73.0 cm³/mol. The van der Waals surface area contributed by atoms with Crippen LogP contribution >= 0.6 is 0 Å². The van der Waals surface area contributed by atoms with Crippen molar-refractivity contribution >= 4 is 22.2 Å². The molecule has 6 nitrogen and oxygen atoms in total. The Morgan fingerprint density at radius 1 is 1.00 bits per heavy atom. The average molecular weight is 293 g/mol. The topological polar surface area (TPSA) is 104 Å². The summed E-state index contributed by atoms with van der Waals surface area (Å²) in [7, 11) is -4.47. The number of benzene rings is 2. The van der Waals surface area contributed by atoms with Crippen molar-refractivity contribution in [1.82, 2.24) is 0 Å². The van der Waals surface area contributed by atoms with E-state index in [9.17, 15) is 22.9 Å². The smallest absolute Gasteiger partial charge is 0.296 e. The predicted octanol–water partition coefficient (Wildman–Crippen LogP) is 1.87. The van der Waals surface area contributed by atoms with Crippen LogP contribution in [0, 0.1) is 0 Å². The van der Waals surface area contributed by atoms with E-state index in [1.807, 2.05) is 0 Å². The molecule has 0 aliphatic rings. The molecule has 0 heterocycles. The monoisotopic (exact) mass is 293 g/mol. The molecule has 0 unspecified atom stereocenters. The summed E-state index contributed by atoms with van der Waals surface area (Å²) in [6.07, 6.45) is 0.324. The highest BCUT2D eigenvalue weighted by atomic mass is 32.2. The number of phenolic OH excluding ortho intramolecular Hbond substituents is 1. The minimum absolute atomic E-state index is 0.00923.